The molecule has 4 nitrogen and oxygen atoms in total. The van der Waals surface area contributed by atoms with Crippen LogP contribution >= 0.6 is 54.5 Å². The minimum absolute atomic E-state index is 0.322. The summed E-state index contributed by atoms with van der Waals surface area (Å²) < 4.78 is 12.7. The van der Waals surface area contributed by atoms with Gasteiger partial charge in [-0.2, -0.15) is 0 Å². The molecule has 0 aromatic heterocycles. The van der Waals surface area contributed by atoms with Gasteiger partial charge >= 0.3 is 5.97 Å². The molecule has 0 amide bonds. The minimum Gasteiger partial charge on any atom is -0.488 e. The fraction of sp³-hybridized carbons (Fsp3) is 0.318. The second kappa shape index (κ2) is 11.9. The molecule has 0 saturated heterocycles. The highest BCUT2D eigenvalue weighted by Crippen LogP contribution is 2.33. The van der Waals surface area contributed by atoms with Crippen molar-refractivity contribution in [3.63, 3.8) is 0 Å². The van der Waals surface area contributed by atoms with Crippen LogP contribution in [0.25, 0.3) is 0 Å². The molecule has 1 aromatic rings. The van der Waals surface area contributed by atoms with Gasteiger partial charge in [0.1, 0.15) is 16.7 Å². The van der Waals surface area contributed by atoms with Crippen molar-refractivity contribution in [1.29, 1.82) is 0 Å². The molecule has 1 aromatic carbocycles. The summed E-state index contributed by atoms with van der Waals surface area (Å²) in [7, 11) is 0. The molecular formula is C22H21Br2IO4. The van der Waals surface area contributed by atoms with Crippen molar-refractivity contribution >= 4 is 60.4 Å². The fourth-order valence-electron chi connectivity index (χ4n) is 2.58. The standard InChI is InChI=1S/C22H21Br2IO4/c1-2-28-20(21(26)27)14-16-8-9-19(18(25)13-16)29-12-5-3-4-10-22(24)11-6-7-17(23)15-22/h3,5-9,11,13,20H,2,12,14-15H2,1H3,(H,26,27)/t20-,22?/m0/s1. The monoisotopic (exact) mass is 634 g/mol. The van der Waals surface area contributed by atoms with Gasteiger partial charge in [-0.05, 0) is 63.8 Å². The Balaban J connectivity index is 1.88. The molecule has 0 heterocycles. The first kappa shape index (κ1) is 24.2. The highest BCUT2D eigenvalue weighted by molar-refractivity contribution is 14.1. The van der Waals surface area contributed by atoms with Crippen LogP contribution in [0.5, 0.6) is 5.75 Å². The number of rotatable bonds is 8. The van der Waals surface area contributed by atoms with Gasteiger partial charge in [0.25, 0.3) is 0 Å². The van der Waals surface area contributed by atoms with Crippen LogP contribution in [0, 0.1) is 15.4 Å². The van der Waals surface area contributed by atoms with Crippen molar-refractivity contribution in [2.45, 2.75) is 30.2 Å². The highest BCUT2D eigenvalue weighted by Gasteiger charge is 2.23. The van der Waals surface area contributed by atoms with E-state index in [9.17, 15) is 9.90 Å². The third-order valence-electron chi connectivity index (χ3n) is 3.94. The van der Waals surface area contributed by atoms with Crippen LogP contribution < -0.4 is 4.74 Å². The van der Waals surface area contributed by atoms with E-state index in [-0.39, 0.29) is 4.32 Å². The van der Waals surface area contributed by atoms with E-state index < -0.39 is 12.1 Å². The normalized spacial score (nSPS) is 19.4. The third-order valence-corrected chi connectivity index (χ3v) is 6.07. The van der Waals surface area contributed by atoms with Crippen LogP contribution in [-0.2, 0) is 16.0 Å². The largest absolute Gasteiger partial charge is 0.488 e. The Morgan fingerprint density at radius 1 is 1.48 bits per heavy atom. The third kappa shape index (κ3) is 8.28. The Bertz CT molecular complexity index is 883. The van der Waals surface area contributed by atoms with Gasteiger partial charge in [-0.1, -0.05) is 68.0 Å². The number of aliphatic carboxylic acids is 1. The van der Waals surface area contributed by atoms with E-state index in [0.29, 0.717) is 19.6 Å². The first-order valence-corrected chi connectivity index (χ1v) is 11.7. The number of carboxylic acids is 1. The fourth-order valence-corrected chi connectivity index (χ4v) is 4.86. The molecule has 0 spiro atoms. The topological polar surface area (TPSA) is 55.8 Å². The van der Waals surface area contributed by atoms with Crippen LogP contribution in [0.15, 0.2) is 53.1 Å². The summed E-state index contributed by atoms with van der Waals surface area (Å²) in [5.74, 6) is 6.02. The predicted octanol–water partition coefficient (Wildman–Crippen LogP) is 5.63. The van der Waals surface area contributed by atoms with Crippen molar-refractivity contribution in [3.05, 3.63) is 62.2 Å². The number of carbonyl (C=O) groups is 1. The lowest BCUT2D eigenvalue weighted by atomic mass is 10.0. The van der Waals surface area contributed by atoms with Crippen molar-refractivity contribution in [2.75, 3.05) is 13.2 Å². The summed E-state index contributed by atoms with van der Waals surface area (Å²) in [5.41, 5.74) is 0.896. The number of ether oxygens (including phenoxy) is 2. The summed E-state index contributed by atoms with van der Waals surface area (Å²) in [5, 5.41) is 9.21. The lowest BCUT2D eigenvalue weighted by Gasteiger charge is -2.19. The summed E-state index contributed by atoms with van der Waals surface area (Å²) in [6.45, 7) is 2.55. The van der Waals surface area contributed by atoms with Crippen LogP contribution in [-0.4, -0.2) is 34.7 Å². The molecule has 0 aliphatic heterocycles. The van der Waals surface area contributed by atoms with E-state index in [2.05, 4.69) is 66.3 Å². The summed E-state index contributed by atoms with van der Waals surface area (Å²) in [6.07, 6.45) is 9.93. The van der Waals surface area contributed by atoms with E-state index in [1.54, 1.807) is 13.0 Å². The number of halogens is 3. The lowest BCUT2D eigenvalue weighted by Crippen LogP contribution is -2.26. The second-order valence-corrected chi connectivity index (χ2v) is 9.84. The van der Waals surface area contributed by atoms with Crippen LogP contribution in [0.3, 0.4) is 0 Å². The zero-order valence-corrected chi connectivity index (χ0v) is 21.2. The van der Waals surface area contributed by atoms with E-state index in [4.69, 9.17) is 9.47 Å². The first-order chi connectivity index (χ1) is 13.8. The molecule has 29 heavy (non-hydrogen) atoms. The molecule has 0 radical (unpaired) electrons. The maximum absolute atomic E-state index is 11.2. The van der Waals surface area contributed by atoms with E-state index in [1.807, 2.05) is 42.5 Å². The number of benzene rings is 1. The number of hydrogen-bond donors (Lipinski definition) is 1. The first-order valence-electron chi connectivity index (χ1n) is 8.99. The van der Waals surface area contributed by atoms with E-state index >= 15 is 0 Å². The van der Waals surface area contributed by atoms with Gasteiger partial charge in [0, 0.05) is 19.4 Å². The Hall–Kier alpha value is -1.08. The van der Waals surface area contributed by atoms with Crippen LogP contribution in [0.2, 0.25) is 0 Å². The SMILES string of the molecule is CCO[C@@H](Cc1ccc(OCC=CC#CC2(Br)C=CC=C(Br)C2)c(I)c1)C(=O)O. The average molecular weight is 636 g/mol. The van der Waals surface area contributed by atoms with Crippen molar-refractivity contribution in [3.8, 4) is 17.6 Å². The van der Waals surface area contributed by atoms with Crippen molar-refractivity contribution < 1.29 is 19.4 Å². The Kier molecular flexibility index (Phi) is 9.96. The Morgan fingerprint density at radius 2 is 2.28 bits per heavy atom. The Labute approximate surface area is 201 Å². The molecule has 154 valence electrons. The molecule has 0 fully saturated rings. The number of hydrogen-bond acceptors (Lipinski definition) is 3. The lowest BCUT2D eigenvalue weighted by molar-refractivity contribution is -0.149. The number of carboxylic acid groups (broad SMARTS) is 1. The summed E-state index contributed by atoms with van der Waals surface area (Å²) >= 11 is 9.34. The molecule has 1 aliphatic carbocycles. The molecule has 2 atom stereocenters. The molecule has 0 saturated carbocycles. The van der Waals surface area contributed by atoms with Gasteiger partial charge in [-0.15, -0.1) is 0 Å². The van der Waals surface area contributed by atoms with Gasteiger partial charge in [0.05, 0.1) is 3.57 Å². The zero-order valence-electron chi connectivity index (χ0n) is 15.8. The molecule has 1 unspecified atom stereocenters. The summed E-state index contributed by atoms with van der Waals surface area (Å²) in [6, 6.07) is 5.64. The molecule has 7 heteroatoms. The summed E-state index contributed by atoms with van der Waals surface area (Å²) in [4.78, 5) is 11.2. The van der Waals surface area contributed by atoms with Gasteiger partial charge in [0.2, 0.25) is 0 Å². The van der Waals surface area contributed by atoms with Crippen molar-refractivity contribution in [2.24, 2.45) is 0 Å². The molecule has 0 bridgehead atoms. The smallest absolute Gasteiger partial charge is 0.333 e. The second-order valence-electron chi connectivity index (χ2n) is 6.25. The zero-order chi connectivity index (χ0) is 21.3. The quantitative estimate of drug-likeness (QED) is 0.229. The number of alkyl halides is 1. The van der Waals surface area contributed by atoms with Gasteiger partial charge < -0.3 is 14.6 Å². The van der Waals surface area contributed by atoms with Crippen molar-refractivity contribution in [1.82, 2.24) is 0 Å². The van der Waals surface area contributed by atoms with Crippen LogP contribution in [0.1, 0.15) is 18.9 Å². The maximum Gasteiger partial charge on any atom is 0.333 e. The maximum atomic E-state index is 11.2. The van der Waals surface area contributed by atoms with E-state index in [0.717, 1.165) is 25.8 Å². The molecule has 2 rings (SSSR count). The predicted molar refractivity (Wildman–Crippen MR) is 131 cm³/mol. The van der Waals surface area contributed by atoms with Crippen LogP contribution in [0.4, 0.5) is 0 Å². The minimum atomic E-state index is -0.953. The molecule has 1 N–H and O–H groups in total. The average Bonchev–Trinajstić information content (AvgIpc) is 2.65. The Morgan fingerprint density at radius 3 is 2.93 bits per heavy atom. The highest BCUT2D eigenvalue weighted by atomic mass is 127. The van der Waals surface area contributed by atoms with Gasteiger partial charge in [0.15, 0.2) is 6.10 Å². The van der Waals surface area contributed by atoms with E-state index in [1.165, 1.54) is 0 Å². The molecule has 1 aliphatic rings. The van der Waals surface area contributed by atoms with Gasteiger partial charge in [-0.25, -0.2) is 4.79 Å². The number of allylic oxidation sites excluding steroid dienone is 5. The van der Waals surface area contributed by atoms with Gasteiger partial charge in [-0.3, -0.25) is 0 Å². The molecular weight excluding hydrogens is 615 g/mol.